The molecule has 0 radical (unpaired) electrons. The van der Waals surface area contributed by atoms with E-state index in [1.807, 2.05) is 50.9 Å². The van der Waals surface area contributed by atoms with E-state index < -0.39 is 11.4 Å². The maximum Gasteiger partial charge on any atom is 0.410 e. The van der Waals surface area contributed by atoms with Crippen molar-refractivity contribution in [2.75, 3.05) is 64.8 Å². The molecule has 11 nitrogen and oxygen atoms in total. The van der Waals surface area contributed by atoms with E-state index in [1.165, 1.54) is 18.5 Å². The van der Waals surface area contributed by atoms with Crippen molar-refractivity contribution in [2.24, 2.45) is 0 Å². The molecular weight excluding hydrogens is 637 g/mol. The van der Waals surface area contributed by atoms with Gasteiger partial charge in [-0.3, -0.25) is 14.6 Å². The van der Waals surface area contributed by atoms with Crippen LogP contribution in [0.4, 0.5) is 20.7 Å². The summed E-state index contributed by atoms with van der Waals surface area (Å²) in [6, 6.07) is 8.56. The highest BCUT2D eigenvalue weighted by Crippen LogP contribution is 2.31. The second kappa shape index (κ2) is 17.6. The average molecular weight is 686 g/mol. The number of hydrogen-bond donors (Lipinski definition) is 2. The molecule has 4 rings (SSSR count). The van der Waals surface area contributed by atoms with Crippen LogP contribution in [0.2, 0.25) is 5.02 Å². The Hall–Kier alpha value is -3.74. The first-order chi connectivity index (χ1) is 22.9. The molecule has 0 spiro atoms. The number of benzene rings is 2. The summed E-state index contributed by atoms with van der Waals surface area (Å²) in [5.74, 6) is 0.627. The Balaban J connectivity index is 1.31. The van der Waals surface area contributed by atoms with Gasteiger partial charge in [-0.15, -0.1) is 0 Å². The number of hydrogen-bond acceptors (Lipinski definition) is 9. The molecule has 0 saturated carbocycles. The molecule has 0 unspecified atom stereocenters. The fourth-order valence-electron chi connectivity index (χ4n) is 5.40. The van der Waals surface area contributed by atoms with Crippen molar-refractivity contribution in [3.05, 3.63) is 53.1 Å². The molecule has 1 saturated heterocycles. The zero-order chi connectivity index (χ0) is 34.7. The number of unbranched alkanes of at least 4 members (excludes halogenated alkanes) is 2. The molecule has 0 bridgehead atoms. The molecule has 0 aliphatic carbocycles. The Morgan fingerprint density at radius 1 is 1.06 bits per heavy atom. The molecule has 13 heteroatoms. The molecule has 2 heterocycles. The van der Waals surface area contributed by atoms with E-state index in [0.717, 1.165) is 50.7 Å². The number of carbonyl (C=O) groups is 2. The van der Waals surface area contributed by atoms with Crippen LogP contribution in [0.25, 0.3) is 10.9 Å². The number of anilines is 2. The molecule has 2 amide bonds. The quantitative estimate of drug-likeness (QED) is 0.180. The number of likely N-dealkylation sites (N-methyl/N-ethyl adjacent to an activating group) is 1. The molecule has 1 aromatic heterocycles. The van der Waals surface area contributed by atoms with E-state index in [1.54, 1.807) is 4.90 Å². The highest BCUT2D eigenvalue weighted by Gasteiger charge is 2.25. The molecule has 1 fully saturated rings. The Kier molecular flexibility index (Phi) is 13.6. The molecule has 48 heavy (non-hydrogen) atoms. The van der Waals surface area contributed by atoms with Crippen molar-refractivity contribution < 1.29 is 23.5 Å². The number of carbonyl (C=O) groups excluding carboxylic acids is 2. The van der Waals surface area contributed by atoms with Crippen LogP contribution in [0, 0.1) is 5.82 Å². The Morgan fingerprint density at radius 3 is 2.56 bits per heavy atom. The number of rotatable bonds is 15. The fraction of sp³-hybridized carbons (Fsp3) is 0.543. The summed E-state index contributed by atoms with van der Waals surface area (Å²) in [6.45, 7) is 13.2. The predicted octanol–water partition coefficient (Wildman–Crippen LogP) is 6.23. The lowest BCUT2D eigenvalue weighted by Gasteiger charge is -2.35. The van der Waals surface area contributed by atoms with Crippen molar-refractivity contribution in [1.29, 1.82) is 0 Å². The van der Waals surface area contributed by atoms with E-state index in [-0.39, 0.29) is 23.6 Å². The minimum absolute atomic E-state index is 0.0171. The molecule has 0 atom stereocenters. The van der Waals surface area contributed by atoms with Crippen LogP contribution in [0.3, 0.4) is 0 Å². The number of piperazine rings is 1. The maximum absolute atomic E-state index is 14.6. The number of aromatic nitrogens is 2. The van der Waals surface area contributed by atoms with Gasteiger partial charge in [0.2, 0.25) is 5.91 Å². The average Bonchev–Trinajstić information content (AvgIpc) is 3.03. The maximum atomic E-state index is 14.6. The van der Waals surface area contributed by atoms with Gasteiger partial charge in [0.1, 0.15) is 29.3 Å². The van der Waals surface area contributed by atoms with Gasteiger partial charge in [0, 0.05) is 63.0 Å². The molecule has 1 aliphatic rings. The molecule has 1 aliphatic heterocycles. The van der Waals surface area contributed by atoms with Gasteiger partial charge < -0.3 is 25.0 Å². The van der Waals surface area contributed by atoms with Crippen LogP contribution in [0.15, 0.2) is 36.7 Å². The number of ether oxygens (including phenoxy) is 2. The normalized spacial score (nSPS) is 14.0. The molecule has 2 aromatic carbocycles. The summed E-state index contributed by atoms with van der Waals surface area (Å²) >= 11 is 6.18. The fourth-order valence-corrected chi connectivity index (χ4v) is 5.56. The standard InChI is InChI=1S/C35H49ClFN7O4/c1-6-7-8-12-38-32(45)23-42(5)22-25-19-29(37)28(36)21-30(25)41-33-27-11-10-26(20-31(27)39-24-40-33)47-18-9-13-43-14-16-44(17-15-43)34(46)48-35(2,3)4/h10-11,19-21,24H,6-9,12-18,22-23H2,1-5H3,(H,38,45)(H,39,40,41). The lowest BCUT2D eigenvalue weighted by atomic mass is 10.1. The second-order valence-electron chi connectivity index (χ2n) is 13.2. The van der Waals surface area contributed by atoms with Crippen LogP contribution >= 0.6 is 11.6 Å². The predicted molar refractivity (Wildman–Crippen MR) is 187 cm³/mol. The lowest BCUT2D eigenvalue weighted by Crippen LogP contribution is -2.50. The lowest BCUT2D eigenvalue weighted by molar-refractivity contribution is -0.122. The highest BCUT2D eigenvalue weighted by molar-refractivity contribution is 6.31. The summed E-state index contributed by atoms with van der Waals surface area (Å²) in [6.07, 6.45) is 5.15. The molecule has 3 aromatic rings. The Labute approximate surface area is 288 Å². The van der Waals surface area contributed by atoms with Crippen LogP contribution < -0.4 is 15.4 Å². The first kappa shape index (κ1) is 37.1. The summed E-state index contributed by atoms with van der Waals surface area (Å²) in [5, 5.41) is 7.00. The van der Waals surface area contributed by atoms with Gasteiger partial charge in [0.25, 0.3) is 0 Å². The smallest absolute Gasteiger partial charge is 0.410 e. The summed E-state index contributed by atoms with van der Waals surface area (Å²) in [7, 11) is 1.82. The summed E-state index contributed by atoms with van der Waals surface area (Å²) < 4.78 is 26.1. The van der Waals surface area contributed by atoms with Gasteiger partial charge in [-0.2, -0.15) is 0 Å². The Bertz CT molecular complexity index is 1530. The molecular formula is C35H49ClFN7O4. The van der Waals surface area contributed by atoms with Crippen LogP contribution in [0.5, 0.6) is 5.75 Å². The van der Waals surface area contributed by atoms with Gasteiger partial charge in [0.15, 0.2) is 0 Å². The number of nitrogens with one attached hydrogen (secondary N) is 2. The van der Waals surface area contributed by atoms with Gasteiger partial charge >= 0.3 is 6.09 Å². The number of fused-ring (bicyclic) bond motifs is 1. The number of nitrogens with zero attached hydrogens (tertiary/aromatic N) is 5. The van der Waals surface area contributed by atoms with Crippen molar-refractivity contribution >= 4 is 46.0 Å². The van der Waals surface area contributed by atoms with Crippen molar-refractivity contribution in [3.63, 3.8) is 0 Å². The van der Waals surface area contributed by atoms with Gasteiger partial charge in [-0.1, -0.05) is 31.4 Å². The SMILES string of the molecule is CCCCCNC(=O)CN(C)Cc1cc(F)c(Cl)cc1Nc1ncnc2cc(OCCCN3CCN(C(=O)OC(C)(C)C)CC3)ccc12. The van der Waals surface area contributed by atoms with E-state index >= 15 is 0 Å². The minimum Gasteiger partial charge on any atom is -0.493 e. The second-order valence-corrected chi connectivity index (χ2v) is 13.6. The third-order valence-corrected chi connectivity index (χ3v) is 8.16. The first-order valence-electron chi connectivity index (χ1n) is 16.7. The van der Waals surface area contributed by atoms with Crippen molar-refractivity contribution in [1.82, 2.24) is 30.0 Å². The van der Waals surface area contributed by atoms with E-state index in [9.17, 15) is 14.0 Å². The van der Waals surface area contributed by atoms with Gasteiger partial charge in [0.05, 0.1) is 23.7 Å². The zero-order valence-corrected chi connectivity index (χ0v) is 29.5. The third kappa shape index (κ3) is 11.5. The molecule has 262 valence electrons. The van der Waals surface area contributed by atoms with Crippen LogP contribution in [-0.4, -0.2) is 102 Å². The zero-order valence-electron chi connectivity index (χ0n) is 28.8. The monoisotopic (exact) mass is 685 g/mol. The highest BCUT2D eigenvalue weighted by atomic mass is 35.5. The van der Waals surface area contributed by atoms with E-state index in [0.29, 0.717) is 61.1 Å². The van der Waals surface area contributed by atoms with Gasteiger partial charge in [-0.05, 0) is 70.5 Å². The summed E-state index contributed by atoms with van der Waals surface area (Å²) in [5.41, 5.74) is 1.42. The molecule has 2 N–H and O–H groups in total. The third-order valence-electron chi connectivity index (χ3n) is 7.87. The number of amides is 2. The minimum atomic E-state index is -0.535. The topological polar surface area (TPSA) is 112 Å². The first-order valence-corrected chi connectivity index (χ1v) is 17.1. The van der Waals surface area contributed by atoms with Crippen LogP contribution in [-0.2, 0) is 16.1 Å². The van der Waals surface area contributed by atoms with E-state index in [2.05, 4.69) is 32.4 Å². The number of halogens is 2. The van der Waals surface area contributed by atoms with Crippen molar-refractivity contribution in [3.8, 4) is 5.75 Å². The summed E-state index contributed by atoms with van der Waals surface area (Å²) in [4.78, 5) is 39.5. The van der Waals surface area contributed by atoms with Gasteiger partial charge in [-0.25, -0.2) is 19.2 Å². The largest absolute Gasteiger partial charge is 0.493 e. The van der Waals surface area contributed by atoms with E-state index in [4.69, 9.17) is 21.1 Å². The van der Waals surface area contributed by atoms with Crippen molar-refractivity contribution in [2.45, 2.75) is 65.5 Å². The Morgan fingerprint density at radius 2 is 1.83 bits per heavy atom. The van der Waals surface area contributed by atoms with Crippen LogP contribution in [0.1, 0.15) is 58.9 Å².